The Morgan fingerprint density at radius 1 is 1.24 bits per heavy atom. The fourth-order valence-electron chi connectivity index (χ4n) is 2.85. The summed E-state index contributed by atoms with van der Waals surface area (Å²) in [7, 11) is 0. The molecule has 8 heteroatoms. The van der Waals surface area contributed by atoms with Gasteiger partial charge in [0.15, 0.2) is 0 Å². The Morgan fingerprint density at radius 2 is 1.96 bits per heavy atom. The smallest absolute Gasteiger partial charge is 0.323 e. The van der Waals surface area contributed by atoms with Crippen molar-refractivity contribution in [3.05, 3.63) is 40.9 Å². The van der Waals surface area contributed by atoms with E-state index in [0.717, 1.165) is 25.7 Å². The molecule has 2 aliphatic rings. The summed E-state index contributed by atoms with van der Waals surface area (Å²) >= 11 is 6.27. The molecule has 1 amide bonds. The number of hydrogen-bond donors (Lipinski definition) is 1. The van der Waals surface area contributed by atoms with Crippen LogP contribution in [0, 0.1) is 0 Å². The molecule has 0 unspecified atom stereocenters. The fourth-order valence-corrected chi connectivity index (χ4v) is 3.06. The van der Waals surface area contributed by atoms with Crippen molar-refractivity contribution in [1.82, 2.24) is 19.7 Å². The van der Waals surface area contributed by atoms with Gasteiger partial charge in [-0.05, 0) is 37.8 Å². The maximum absolute atomic E-state index is 12.8. The predicted molar refractivity (Wildman–Crippen MR) is 90.0 cm³/mol. The molecule has 0 saturated heterocycles. The Hall–Kier alpha value is -2.41. The molecule has 2 fully saturated rings. The number of carbonyl (C=O) groups is 2. The van der Waals surface area contributed by atoms with Crippen LogP contribution in [0.25, 0.3) is 5.69 Å². The third-order valence-electron chi connectivity index (χ3n) is 4.40. The molecule has 7 nitrogen and oxygen atoms in total. The lowest BCUT2D eigenvalue weighted by Crippen LogP contribution is -2.38. The van der Waals surface area contributed by atoms with Crippen LogP contribution in [0.3, 0.4) is 0 Å². The van der Waals surface area contributed by atoms with Crippen LogP contribution in [-0.4, -0.2) is 49.2 Å². The summed E-state index contributed by atoms with van der Waals surface area (Å²) in [6.07, 6.45) is 3.63. The molecule has 2 saturated carbocycles. The van der Waals surface area contributed by atoms with E-state index in [4.69, 9.17) is 16.7 Å². The van der Waals surface area contributed by atoms with E-state index in [1.165, 1.54) is 4.90 Å². The summed E-state index contributed by atoms with van der Waals surface area (Å²) in [4.78, 5) is 29.6. The quantitative estimate of drug-likeness (QED) is 0.855. The Kier molecular flexibility index (Phi) is 3.95. The van der Waals surface area contributed by atoms with Gasteiger partial charge in [0.05, 0.1) is 10.7 Å². The first-order chi connectivity index (χ1) is 12.0. The Morgan fingerprint density at radius 3 is 2.56 bits per heavy atom. The molecule has 2 aromatic rings. The van der Waals surface area contributed by atoms with Gasteiger partial charge in [-0.3, -0.25) is 9.59 Å². The van der Waals surface area contributed by atoms with Gasteiger partial charge in [-0.2, -0.15) is 0 Å². The van der Waals surface area contributed by atoms with Gasteiger partial charge in [-0.25, -0.2) is 9.67 Å². The monoisotopic (exact) mass is 360 g/mol. The van der Waals surface area contributed by atoms with Crippen LogP contribution in [0.2, 0.25) is 5.02 Å². The SMILES string of the molecule is O=C(O)CN(C(=O)c1nc(C2CC2)n(-c2ccccc2Cl)n1)C1CC1. The first-order valence-electron chi connectivity index (χ1n) is 8.29. The summed E-state index contributed by atoms with van der Waals surface area (Å²) in [6.45, 7) is -0.330. The van der Waals surface area contributed by atoms with Crippen LogP contribution >= 0.6 is 11.6 Å². The highest BCUT2D eigenvalue weighted by atomic mass is 35.5. The lowest BCUT2D eigenvalue weighted by atomic mass is 10.3. The van der Waals surface area contributed by atoms with Crippen molar-refractivity contribution in [2.24, 2.45) is 0 Å². The van der Waals surface area contributed by atoms with Crippen LogP contribution in [0.1, 0.15) is 48.0 Å². The van der Waals surface area contributed by atoms with Gasteiger partial charge in [0.1, 0.15) is 12.4 Å². The molecule has 0 spiro atoms. The van der Waals surface area contributed by atoms with Gasteiger partial charge >= 0.3 is 5.97 Å². The van der Waals surface area contributed by atoms with E-state index < -0.39 is 11.9 Å². The molecule has 0 aliphatic heterocycles. The minimum atomic E-state index is -1.03. The zero-order valence-corrected chi connectivity index (χ0v) is 14.2. The van der Waals surface area contributed by atoms with E-state index >= 15 is 0 Å². The van der Waals surface area contributed by atoms with Gasteiger partial charge < -0.3 is 10.0 Å². The molecule has 0 radical (unpaired) electrons. The number of para-hydroxylation sites is 1. The zero-order valence-electron chi connectivity index (χ0n) is 13.4. The number of carboxylic acid groups (broad SMARTS) is 1. The average Bonchev–Trinajstić information content (AvgIpc) is 3.50. The minimum absolute atomic E-state index is 0.0276. The molecule has 0 atom stereocenters. The van der Waals surface area contributed by atoms with Gasteiger partial charge in [0.25, 0.3) is 5.91 Å². The van der Waals surface area contributed by atoms with Crippen LogP contribution in [0.15, 0.2) is 24.3 Å². The number of aromatic nitrogens is 3. The van der Waals surface area contributed by atoms with E-state index in [1.54, 1.807) is 10.7 Å². The number of hydrogen-bond acceptors (Lipinski definition) is 4. The second kappa shape index (κ2) is 6.15. The number of carboxylic acids is 1. The van der Waals surface area contributed by atoms with Crippen molar-refractivity contribution >= 4 is 23.5 Å². The first-order valence-corrected chi connectivity index (χ1v) is 8.67. The number of nitrogens with zero attached hydrogens (tertiary/aromatic N) is 4. The van der Waals surface area contributed by atoms with Gasteiger partial charge in [0.2, 0.25) is 5.82 Å². The first kappa shape index (κ1) is 16.1. The number of amides is 1. The Balaban J connectivity index is 1.71. The molecule has 0 bridgehead atoms. The van der Waals surface area contributed by atoms with Crippen molar-refractivity contribution in [3.8, 4) is 5.69 Å². The zero-order chi connectivity index (χ0) is 17.6. The van der Waals surface area contributed by atoms with Gasteiger partial charge in [0, 0.05) is 12.0 Å². The van der Waals surface area contributed by atoms with Crippen LogP contribution in [-0.2, 0) is 4.79 Å². The Labute approximate surface area is 149 Å². The molecular formula is C17H17ClN4O3. The fraction of sp³-hybridized carbons (Fsp3) is 0.412. The van der Waals surface area contributed by atoms with Crippen molar-refractivity contribution in [3.63, 3.8) is 0 Å². The van der Waals surface area contributed by atoms with Gasteiger partial charge in [-0.1, -0.05) is 23.7 Å². The lowest BCUT2D eigenvalue weighted by molar-refractivity contribution is -0.137. The summed E-state index contributed by atoms with van der Waals surface area (Å²) in [5.41, 5.74) is 0.675. The third-order valence-corrected chi connectivity index (χ3v) is 4.72. The summed E-state index contributed by atoms with van der Waals surface area (Å²) < 4.78 is 1.62. The van der Waals surface area contributed by atoms with Crippen LogP contribution in [0.4, 0.5) is 0 Å². The molecule has 1 aromatic carbocycles. The topological polar surface area (TPSA) is 88.3 Å². The molecular weight excluding hydrogens is 344 g/mol. The summed E-state index contributed by atoms with van der Waals surface area (Å²) in [5.74, 6) is -0.456. The molecule has 25 heavy (non-hydrogen) atoms. The van der Waals surface area contributed by atoms with Gasteiger partial charge in [-0.15, -0.1) is 5.10 Å². The average molecular weight is 361 g/mol. The maximum Gasteiger partial charge on any atom is 0.323 e. The van der Waals surface area contributed by atoms with E-state index in [2.05, 4.69) is 10.1 Å². The highest BCUT2D eigenvalue weighted by molar-refractivity contribution is 6.32. The highest BCUT2D eigenvalue weighted by Gasteiger charge is 2.38. The Bertz CT molecular complexity index is 842. The molecule has 4 rings (SSSR count). The normalized spacial score (nSPS) is 16.7. The molecule has 1 heterocycles. The number of carbonyl (C=O) groups excluding carboxylic acids is 1. The predicted octanol–water partition coefficient (Wildman–Crippen LogP) is 2.49. The standard InChI is InChI=1S/C17H17ClN4O3/c18-12-3-1-2-4-13(12)22-16(10-5-6-10)19-15(20-22)17(25)21(9-14(23)24)11-7-8-11/h1-4,10-11H,5-9H2,(H,23,24). The van der Waals surface area contributed by atoms with Crippen LogP contribution < -0.4 is 0 Å². The third kappa shape index (κ3) is 3.24. The number of benzene rings is 1. The summed E-state index contributed by atoms with van der Waals surface area (Å²) in [5, 5.41) is 14.0. The van der Waals surface area contributed by atoms with Crippen LogP contribution in [0.5, 0.6) is 0 Å². The second-order valence-electron chi connectivity index (χ2n) is 6.49. The van der Waals surface area contributed by atoms with E-state index in [1.807, 2.05) is 18.2 Å². The van der Waals surface area contributed by atoms with E-state index in [9.17, 15) is 9.59 Å². The van der Waals surface area contributed by atoms with Crippen molar-refractivity contribution in [2.45, 2.75) is 37.6 Å². The van der Waals surface area contributed by atoms with Crippen molar-refractivity contribution in [2.75, 3.05) is 6.54 Å². The largest absolute Gasteiger partial charge is 0.480 e. The minimum Gasteiger partial charge on any atom is -0.480 e. The van der Waals surface area contributed by atoms with E-state index in [-0.39, 0.29) is 24.3 Å². The van der Waals surface area contributed by atoms with Crippen molar-refractivity contribution < 1.29 is 14.7 Å². The second-order valence-corrected chi connectivity index (χ2v) is 6.90. The van der Waals surface area contributed by atoms with Crippen molar-refractivity contribution in [1.29, 1.82) is 0 Å². The molecule has 1 N–H and O–H groups in total. The molecule has 2 aliphatic carbocycles. The summed E-state index contributed by atoms with van der Waals surface area (Å²) in [6, 6.07) is 7.24. The van der Waals surface area contributed by atoms with E-state index in [0.29, 0.717) is 16.5 Å². The highest BCUT2D eigenvalue weighted by Crippen LogP contribution is 2.40. The molecule has 1 aromatic heterocycles. The number of halogens is 1. The molecule has 130 valence electrons. The maximum atomic E-state index is 12.8. The number of rotatable bonds is 6. The number of aliphatic carboxylic acids is 1. The lowest BCUT2D eigenvalue weighted by Gasteiger charge is -2.18.